The van der Waals surface area contributed by atoms with Crippen molar-refractivity contribution in [2.24, 2.45) is 7.05 Å². The lowest BCUT2D eigenvalue weighted by molar-refractivity contribution is -0.118. The predicted molar refractivity (Wildman–Crippen MR) is 125 cm³/mol. The molecule has 1 aliphatic heterocycles. The van der Waals surface area contributed by atoms with Crippen LogP contribution in [0.4, 0.5) is 39.4 Å². The molecular formula is C25H16F5N7O. The fraction of sp³-hybridized carbons (Fsp3) is 0.160. The van der Waals surface area contributed by atoms with E-state index in [9.17, 15) is 32.0 Å². The molecule has 38 heavy (non-hydrogen) atoms. The molecule has 0 saturated heterocycles. The summed E-state index contributed by atoms with van der Waals surface area (Å²) in [7, 11) is 1.74. The van der Waals surface area contributed by atoms with Crippen LogP contribution < -0.4 is 10.2 Å². The Bertz CT molecular complexity index is 1620. The van der Waals surface area contributed by atoms with Crippen LogP contribution in [-0.4, -0.2) is 32.2 Å². The predicted octanol–water partition coefficient (Wildman–Crippen LogP) is 4.32. The van der Waals surface area contributed by atoms with Gasteiger partial charge in [0.1, 0.15) is 11.9 Å². The minimum absolute atomic E-state index is 0.0543. The topological polar surface area (TPSA) is 99.7 Å². The van der Waals surface area contributed by atoms with Crippen LogP contribution >= 0.6 is 0 Å². The summed E-state index contributed by atoms with van der Waals surface area (Å²) in [6, 6.07) is 8.60. The SMILES string of the molecule is Cn1nccc1Nc1nccc(-c2cc(C#N)c3c(c2)CCN3C(=O)Cc2c(F)c(F)c(F)c(F)c2F)n1. The molecule has 192 valence electrons. The zero-order chi connectivity index (χ0) is 27.1. The highest BCUT2D eigenvalue weighted by molar-refractivity contribution is 5.98. The normalized spacial score (nSPS) is 12.4. The monoisotopic (exact) mass is 525 g/mol. The second-order valence-corrected chi connectivity index (χ2v) is 8.39. The Kier molecular flexibility index (Phi) is 6.23. The van der Waals surface area contributed by atoms with E-state index in [1.165, 1.54) is 12.3 Å². The Balaban J connectivity index is 1.46. The highest BCUT2D eigenvalue weighted by Crippen LogP contribution is 2.36. The van der Waals surface area contributed by atoms with E-state index in [0.717, 1.165) is 4.90 Å². The molecule has 13 heteroatoms. The smallest absolute Gasteiger partial charge is 0.231 e. The molecule has 0 unspecified atom stereocenters. The van der Waals surface area contributed by atoms with Gasteiger partial charge in [-0.3, -0.25) is 9.48 Å². The third kappa shape index (κ3) is 4.19. The summed E-state index contributed by atoms with van der Waals surface area (Å²) < 4.78 is 70.4. The molecule has 0 radical (unpaired) electrons. The highest BCUT2D eigenvalue weighted by atomic mass is 19.2. The summed E-state index contributed by atoms with van der Waals surface area (Å²) in [6.45, 7) is 0.0543. The number of hydrogen-bond donors (Lipinski definition) is 1. The maximum Gasteiger partial charge on any atom is 0.231 e. The Labute approximate surface area is 212 Å². The second kappa shape index (κ2) is 9.55. The van der Waals surface area contributed by atoms with E-state index in [1.54, 1.807) is 36.1 Å². The number of nitriles is 1. The number of aromatic nitrogens is 4. The number of rotatable bonds is 5. The lowest BCUT2D eigenvalue weighted by Gasteiger charge is -2.19. The first-order valence-corrected chi connectivity index (χ1v) is 11.2. The minimum atomic E-state index is -2.30. The van der Waals surface area contributed by atoms with Gasteiger partial charge < -0.3 is 10.2 Å². The minimum Gasteiger partial charge on any atom is -0.310 e. The first-order valence-electron chi connectivity index (χ1n) is 11.2. The number of fused-ring (bicyclic) bond motifs is 1. The van der Waals surface area contributed by atoms with E-state index in [4.69, 9.17) is 0 Å². The van der Waals surface area contributed by atoms with Gasteiger partial charge in [-0.2, -0.15) is 10.4 Å². The molecule has 0 saturated carbocycles. The highest BCUT2D eigenvalue weighted by Gasteiger charge is 2.32. The number of nitrogens with one attached hydrogen (secondary N) is 1. The molecule has 1 amide bonds. The Morgan fingerprint density at radius 1 is 1.05 bits per heavy atom. The zero-order valence-corrected chi connectivity index (χ0v) is 19.6. The lowest BCUT2D eigenvalue weighted by Crippen LogP contribution is -2.31. The van der Waals surface area contributed by atoms with E-state index >= 15 is 0 Å². The van der Waals surface area contributed by atoms with Gasteiger partial charge >= 0.3 is 0 Å². The number of halogens is 5. The van der Waals surface area contributed by atoms with Crippen LogP contribution in [0.5, 0.6) is 0 Å². The van der Waals surface area contributed by atoms with Crippen molar-refractivity contribution < 1.29 is 26.7 Å². The van der Waals surface area contributed by atoms with Gasteiger partial charge in [0.05, 0.1) is 29.6 Å². The number of amides is 1. The van der Waals surface area contributed by atoms with Gasteiger partial charge in [0.25, 0.3) is 0 Å². The van der Waals surface area contributed by atoms with Crippen LogP contribution in [-0.2, 0) is 24.7 Å². The molecule has 0 fully saturated rings. The van der Waals surface area contributed by atoms with Crippen molar-refractivity contribution in [2.45, 2.75) is 12.8 Å². The van der Waals surface area contributed by atoms with Gasteiger partial charge in [0.2, 0.25) is 17.7 Å². The molecule has 0 aliphatic carbocycles. The van der Waals surface area contributed by atoms with E-state index in [-0.39, 0.29) is 23.7 Å². The van der Waals surface area contributed by atoms with Crippen molar-refractivity contribution in [1.29, 1.82) is 5.26 Å². The van der Waals surface area contributed by atoms with Crippen molar-refractivity contribution in [1.82, 2.24) is 19.7 Å². The van der Waals surface area contributed by atoms with E-state index in [0.29, 0.717) is 29.1 Å². The standard InChI is InChI=1S/C25H16F5N7O/c1-36-17(3-6-33-36)35-25-32-5-2-16(34-25)13-8-12-4-7-37(24(12)14(9-13)11-31)18(38)10-15-19(26)21(28)23(30)22(29)20(15)27/h2-3,5-6,8-9H,4,7,10H2,1H3,(H,32,34,35). The molecule has 2 aromatic heterocycles. The molecule has 1 N–H and O–H groups in total. The average molecular weight is 525 g/mol. The van der Waals surface area contributed by atoms with Crippen molar-refractivity contribution >= 4 is 23.4 Å². The van der Waals surface area contributed by atoms with Crippen LogP contribution in [0.3, 0.4) is 0 Å². The summed E-state index contributed by atoms with van der Waals surface area (Å²) in [4.78, 5) is 22.7. The number of carbonyl (C=O) groups is 1. The molecule has 5 rings (SSSR count). The van der Waals surface area contributed by atoms with Crippen molar-refractivity contribution in [3.8, 4) is 17.3 Å². The second-order valence-electron chi connectivity index (χ2n) is 8.39. The number of anilines is 3. The number of carbonyl (C=O) groups excluding carboxylic acids is 1. The molecule has 3 heterocycles. The molecular weight excluding hydrogens is 509 g/mol. The van der Waals surface area contributed by atoms with E-state index < -0.39 is 47.0 Å². The van der Waals surface area contributed by atoms with Crippen molar-refractivity contribution in [3.05, 3.63) is 82.4 Å². The van der Waals surface area contributed by atoms with E-state index in [1.807, 2.05) is 6.07 Å². The number of hydrogen-bond acceptors (Lipinski definition) is 6. The molecule has 0 bridgehead atoms. The van der Waals surface area contributed by atoms with Crippen LogP contribution in [0.15, 0.2) is 36.7 Å². The third-order valence-corrected chi connectivity index (χ3v) is 6.13. The van der Waals surface area contributed by atoms with Crippen LogP contribution in [0.1, 0.15) is 16.7 Å². The molecule has 0 atom stereocenters. The lowest BCUT2D eigenvalue weighted by atomic mass is 10.0. The Morgan fingerprint density at radius 3 is 2.42 bits per heavy atom. The number of aryl methyl sites for hydroxylation is 1. The Morgan fingerprint density at radius 2 is 1.76 bits per heavy atom. The summed E-state index contributed by atoms with van der Waals surface area (Å²) in [5.74, 6) is -10.7. The fourth-order valence-electron chi connectivity index (χ4n) is 4.27. The number of nitrogens with zero attached hydrogens (tertiary/aromatic N) is 6. The third-order valence-electron chi connectivity index (χ3n) is 6.13. The molecule has 0 spiro atoms. The molecule has 8 nitrogen and oxygen atoms in total. The quantitative estimate of drug-likeness (QED) is 0.237. The fourth-order valence-corrected chi connectivity index (χ4v) is 4.27. The molecule has 4 aromatic rings. The first-order chi connectivity index (χ1) is 18.2. The van der Waals surface area contributed by atoms with Gasteiger partial charge in [-0.1, -0.05) is 0 Å². The molecule has 1 aliphatic rings. The summed E-state index contributed by atoms with van der Waals surface area (Å²) in [6.07, 6.45) is 2.35. The van der Waals surface area contributed by atoms with Crippen LogP contribution in [0, 0.1) is 40.4 Å². The van der Waals surface area contributed by atoms with Gasteiger partial charge in [0, 0.05) is 37.0 Å². The summed E-state index contributed by atoms with van der Waals surface area (Å²) in [5.41, 5.74) is 0.696. The van der Waals surface area contributed by atoms with E-state index in [2.05, 4.69) is 20.4 Å². The van der Waals surface area contributed by atoms with Gasteiger partial charge in [-0.15, -0.1) is 0 Å². The van der Waals surface area contributed by atoms with Crippen molar-refractivity contribution in [3.63, 3.8) is 0 Å². The van der Waals surface area contributed by atoms with Crippen LogP contribution in [0.25, 0.3) is 11.3 Å². The van der Waals surface area contributed by atoms with Crippen molar-refractivity contribution in [2.75, 3.05) is 16.8 Å². The summed E-state index contributed by atoms with van der Waals surface area (Å²) >= 11 is 0. The largest absolute Gasteiger partial charge is 0.310 e. The van der Waals surface area contributed by atoms with Gasteiger partial charge in [0.15, 0.2) is 23.3 Å². The Hall–Kier alpha value is -4.86. The van der Waals surface area contributed by atoms with Gasteiger partial charge in [-0.05, 0) is 30.2 Å². The van der Waals surface area contributed by atoms with Crippen LogP contribution in [0.2, 0.25) is 0 Å². The first kappa shape index (κ1) is 24.8. The molecule has 2 aromatic carbocycles. The zero-order valence-electron chi connectivity index (χ0n) is 19.6. The average Bonchev–Trinajstić information content (AvgIpc) is 3.54. The summed E-state index contributed by atoms with van der Waals surface area (Å²) in [5, 5.41) is 16.9. The maximum absolute atomic E-state index is 14.1. The maximum atomic E-state index is 14.1. The number of benzene rings is 2. The van der Waals surface area contributed by atoms with Gasteiger partial charge in [-0.25, -0.2) is 31.9 Å².